The summed E-state index contributed by atoms with van der Waals surface area (Å²) in [6.07, 6.45) is -1.18. The van der Waals surface area contributed by atoms with Gasteiger partial charge in [0.15, 0.2) is 12.2 Å². The molecule has 0 saturated carbocycles. The van der Waals surface area contributed by atoms with E-state index in [1.54, 1.807) is 16.7 Å². The summed E-state index contributed by atoms with van der Waals surface area (Å²) >= 11 is 0. The highest BCUT2D eigenvalue weighted by atomic mass is 16.8. The lowest BCUT2D eigenvalue weighted by Crippen LogP contribution is -2.56. The van der Waals surface area contributed by atoms with Crippen LogP contribution in [-0.2, 0) is 34.4 Å². The molecular weight excluding hydrogens is 520 g/mol. The highest BCUT2D eigenvalue weighted by molar-refractivity contribution is 5.93. The third-order valence-electron chi connectivity index (χ3n) is 8.24. The summed E-state index contributed by atoms with van der Waals surface area (Å²) in [5.41, 5.74) is 2.67. The Balaban J connectivity index is 1.33. The van der Waals surface area contributed by atoms with Crippen molar-refractivity contribution >= 4 is 17.8 Å². The van der Waals surface area contributed by atoms with Crippen molar-refractivity contribution in [2.45, 2.75) is 43.8 Å². The predicted molar refractivity (Wildman–Crippen MR) is 150 cm³/mol. The van der Waals surface area contributed by atoms with Gasteiger partial charge in [0.1, 0.15) is 0 Å². The topological polar surface area (TPSA) is 85.4 Å². The number of ether oxygens (including phenoxy) is 3. The molecule has 2 amide bonds. The Labute approximate surface area is 239 Å². The molecule has 0 radical (unpaired) electrons. The zero-order valence-electron chi connectivity index (χ0n) is 23.1. The summed E-state index contributed by atoms with van der Waals surface area (Å²) < 4.78 is 18.1. The number of benzene rings is 3. The van der Waals surface area contributed by atoms with E-state index in [4.69, 9.17) is 14.2 Å². The maximum atomic E-state index is 14.2. The Kier molecular flexibility index (Phi) is 7.60. The van der Waals surface area contributed by atoms with Crippen molar-refractivity contribution in [2.24, 2.45) is 5.92 Å². The Morgan fingerprint density at radius 2 is 1.44 bits per heavy atom. The summed E-state index contributed by atoms with van der Waals surface area (Å²) in [7, 11) is 0. The second-order valence-electron chi connectivity index (χ2n) is 10.7. The minimum absolute atomic E-state index is 0.121. The molecule has 3 saturated heterocycles. The number of carbonyl (C=O) groups excluding carboxylic acids is 3. The molecule has 3 aliphatic heterocycles. The van der Waals surface area contributed by atoms with Gasteiger partial charge in [-0.05, 0) is 30.9 Å². The van der Waals surface area contributed by atoms with Gasteiger partial charge in [-0.1, -0.05) is 91.0 Å². The van der Waals surface area contributed by atoms with E-state index in [2.05, 4.69) is 0 Å². The van der Waals surface area contributed by atoms with Crippen LogP contribution in [0.5, 0.6) is 0 Å². The molecule has 0 aromatic heterocycles. The van der Waals surface area contributed by atoms with Crippen molar-refractivity contribution in [3.05, 3.63) is 108 Å². The summed E-state index contributed by atoms with van der Waals surface area (Å²) in [6.45, 7) is 3.02. The Morgan fingerprint density at radius 1 is 0.878 bits per heavy atom. The van der Waals surface area contributed by atoms with Crippen LogP contribution in [-0.4, -0.2) is 66.0 Å². The highest BCUT2D eigenvalue weighted by Gasteiger charge is 2.61. The third kappa shape index (κ3) is 5.13. The molecule has 3 aromatic carbocycles. The number of carbonyl (C=O) groups is 3. The number of hydrogen-bond acceptors (Lipinski definition) is 6. The molecule has 3 atom stereocenters. The van der Waals surface area contributed by atoms with Gasteiger partial charge in [-0.2, -0.15) is 0 Å². The fraction of sp³-hybridized carbons (Fsp3) is 0.364. The molecule has 212 valence electrons. The molecule has 3 fully saturated rings. The number of likely N-dealkylation sites (tertiary alicyclic amines) is 1. The number of fused-ring (bicyclic) bond motifs is 2. The van der Waals surface area contributed by atoms with Crippen LogP contribution in [0.25, 0.3) is 0 Å². The van der Waals surface area contributed by atoms with Crippen LogP contribution in [0.4, 0.5) is 0 Å². The van der Waals surface area contributed by atoms with Gasteiger partial charge in [0.25, 0.3) is 11.8 Å². The van der Waals surface area contributed by atoms with Crippen LogP contribution in [0.1, 0.15) is 42.5 Å². The second-order valence-corrected chi connectivity index (χ2v) is 10.7. The average Bonchev–Trinajstić information content (AvgIpc) is 3.37. The molecule has 8 heteroatoms. The molecule has 3 aromatic rings. The molecule has 8 nitrogen and oxygen atoms in total. The van der Waals surface area contributed by atoms with Gasteiger partial charge in [-0.25, -0.2) is 0 Å². The zero-order chi connectivity index (χ0) is 28.4. The lowest BCUT2D eigenvalue weighted by molar-refractivity contribution is -0.221. The van der Waals surface area contributed by atoms with Crippen LogP contribution in [0, 0.1) is 5.92 Å². The van der Waals surface area contributed by atoms with Crippen molar-refractivity contribution in [3.63, 3.8) is 0 Å². The van der Waals surface area contributed by atoms with Gasteiger partial charge < -0.3 is 24.0 Å². The highest BCUT2D eigenvalue weighted by Crippen LogP contribution is 2.46. The number of rotatable bonds is 7. The maximum absolute atomic E-state index is 14.2. The average molecular weight is 555 g/mol. The van der Waals surface area contributed by atoms with E-state index in [0.717, 1.165) is 16.7 Å². The number of piperidine rings is 1. The normalized spacial score (nSPS) is 24.5. The minimum Gasteiger partial charge on any atom is -0.466 e. The van der Waals surface area contributed by atoms with Crippen LogP contribution < -0.4 is 0 Å². The molecule has 0 N–H and O–H groups in total. The third-order valence-corrected chi connectivity index (χ3v) is 8.24. The van der Waals surface area contributed by atoms with Crippen molar-refractivity contribution in [3.8, 4) is 0 Å². The van der Waals surface area contributed by atoms with Crippen molar-refractivity contribution in [1.82, 2.24) is 9.80 Å². The van der Waals surface area contributed by atoms with Gasteiger partial charge in [-0.15, -0.1) is 0 Å². The fourth-order valence-electron chi connectivity index (χ4n) is 6.20. The van der Waals surface area contributed by atoms with Crippen LogP contribution in [0.3, 0.4) is 0 Å². The van der Waals surface area contributed by atoms with Gasteiger partial charge in [0.2, 0.25) is 5.79 Å². The van der Waals surface area contributed by atoms with E-state index >= 15 is 0 Å². The standard InChI is InChI=1S/C33H34N2O6/c1-2-39-32(38)25-18-20-34(21-19-25)30(36)28-29-31(37)35(22-33(40-28,41-29)26-16-10-5-11-17-26)27(23-12-6-3-7-13-23)24-14-8-4-9-15-24/h3-17,25,27-29H,2,18-22H2,1H3/t28-,29-,33+/m1/s1. The number of amides is 2. The first-order chi connectivity index (χ1) is 20.0. The minimum atomic E-state index is -1.30. The van der Waals surface area contributed by atoms with Crippen molar-refractivity contribution in [2.75, 3.05) is 26.2 Å². The van der Waals surface area contributed by atoms with E-state index in [0.29, 0.717) is 32.5 Å². The quantitative estimate of drug-likeness (QED) is 0.410. The first-order valence-electron chi connectivity index (χ1n) is 14.3. The van der Waals surface area contributed by atoms with E-state index in [1.807, 2.05) is 91.0 Å². The summed E-state index contributed by atoms with van der Waals surface area (Å²) in [5, 5.41) is 0. The number of esters is 1. The summed E-state index contributed by atoms with van der Waals surface area (Å²) in [4.78, 5) is 43.9. The number of hydrogen-bond donors (Lipinski definition) is 0. The van der Waals surface area contributed by atoms with E-state index in [9.17, 15) is 14.4 Å². The first-order valence-corrected chi connectivity index (χ1v) is 14.3. The smallest absolute Gasteiger partial charge is 0.309 e. The van der Waals surface area contributed by atoms with Crippen molar-refractivity contribution < 1.29 is 28.6 Å². The first kappa shape index (κ1) is 27.2. The molecule has 6 rings (SSSR count). The summed E-state index contributed by atoms with van der Waals surface area (Å²) in [5.74, 6) is -2.33. The molecule has 2 bridgehead atoms. The van der Waals surface area contributed by atoms with Crippen LogP contribution >= 0.6 is 0 Å². The summed E-state index contributed by atoms with van der Waals surface area (Å²) in [6, 6.07) is 28.9. The lowest BCUT2D eigenvalue weighted by Gasteiger charge is -2.42. The van der Waals surface area contributed by atoms with E-state index in [-0.39, 0.29) is 30.2 Å². The molecule has 0 aliphatic carbocycles. The number of morpholine rings is 1. The Bertz CT molecular complexity index is 1340. The van der Waals surface area contributed by atoms with Gasteiger partial charge in [-0.3, -0.25) is 14.4 Å². The van der Waals surface area contributed by atoms with Gasteiger partial charge in [0, 0.05) is 18.7 Å². The van der Waals surface area contributed by atoms with Gasteiger partial charge >= 0.3 is 5.97 Å². The van der Waals surface area contributed by atoms with E-state index < -0.39 is 24.0 Å². The molecule has 41 heavy (non-hydrogen) atoms. The Morgan fingerprint density at radius 3 is 2.00 bits per heavy atom. The monoisotopic (exact) mass is 554 g/mol. The van der Waals surface area contributed by atoms with E-state index in [1.165, 1.54) is 0 Å². The SMILES string of the molecule is CCOC(=O)C1CCN(C(=O)[C@@H]2O[C@@]3(c4ccccc4)CN(C(c4ccccc4)c4ccccc4)C(=O)[C@@H]2O3)CC1. The molecular formula is C33H34N2O6. The number of nitrogens with zero attached hydrogens (tertiary/aromatic N) is 2. The molecule has 3 heterocycles. The maximum Gasteiger partial charge on any atom is 0.309 e. The molecule has 3 aliphatic rings. The Hall–Kier alpha value is -4.01. The fourth-order valence-corrected chi connectivity index (χ4v) is 6.20. The zero-order valence-corrected chi connectivity index (χ0v) is 23.1. The lowest BCUT2D eigenvalue weighted by atomic mass is 9.93. The molecule has 0 unspecified atom stereocenters. The predicted octanol–water partition coefficient (Wildman–Crippen LogP) is 4.06. The van der Waals surface area contributed by atoms with Crippen LogP contribution in [0.15, 0.2) is 91.0 Å². The largest absolute Gasteiger partial charge is 0.466 e. The van der Waals surface area contributed by atoms with Crippen LogP contribution in [0.2, 0.25) is 0 Å². The molecule has 0 spiro atoms. The second kappa shape index (κ2) is 11.5. The van der Waals surface area contributed by atoms with Crippen molar-refractivity contribution in [1.29, 1.82) is 0 Å². The van der Waals surface area contributed by atoms with Gasteiger partial charge in [0.05, 0.1) is 25.1 Å².